The molecule has 2 heterocycles. The molecule has 8 heteroatoms. The van der Waals surface area contributed by atoms with Gasteiger partial charge in [-0.05, 0) is 37.6 Å². The number of ether oxygens (including phenoxy) is 1. The van der Waals surface area contributed by atoms with Crippen LogP contribution in [0.2, 0.25) is 0 Å². The molecule has 0 spiro atoms. The Kier molecular flexibility index (Phi) is 6.17. The maximum Gasteiger partial charge on any atom is 0.329 e. The topological polar surface area (TPSA) is 92.7 Å². The number of methoxy groups -OCH3 is 1. The van der Waals surface area contributed by atoms with Crippen molar-refractivity contribution in [1.29, 1.82) is 0 Å². The number of carbonyl (C=O) groups is 3. The van der Waals surface area contributed by atoms with E-state index in [0.29, 0.717) is 11.4 Å². The second kappa shape index (κ2) is 9.20. The first kappa shape index (κ1) is 22.1. The molecule has 1 aliphatic heterocycles. The summed E-state index contributed by atoms with van der Waals surface area (Å²) in [5, 5.41) is 6.26. The van der Waals surface area contributed by atoms with Crippen molar-refractivity contribution < 1.29 is 19.1 Å². The Balaban J connectivity index is 1.56. The number of carbonyl (C=O) groups excluding carboxylic acids is 3. The molecular weight excluding hydrogens is 420 g/mol. The predicted molar refractivity (Wildman–Crippen MR) is 127 cm³/mol. The number of hydrogen-bond donors (Lipinski definition) is 2. The number of amides is 4. The standard InChI is InChI=1S/C25H26N4O4/c1-4-16(2)28-14-17(18-9-5-7-11-21(18)28)13-20-24(31)29(25(32)27-20)15-23(30)26-19-10-6-8-12-22(19)33-3/h5-14,16H,4,15H2,1-3H3,(H,26,30)(H,27,32)/b20-13+/t16-/m0/s1. The van der Waals surface area contributed by atoms with E-state index in [9.17, 15) is 14.4 Å². The summed E-state index contributed by atoms with van der Waals surface area (Å²) in [7, 11) is 1.50. The molecule has 4 rings (SSSR count). The second-order valence-corrected chi connectivity index (χ2v) is 7.89. The van der Waals surface area contributed by atoms with E-state index in [2.05, 4.69) is 29.0 Å². The van der Waals surface area contributed by atoms with Crippen LogP contribution in [0.15, 0.2) is 60.4 Å². The van der Waals surface area contributed by atoms with Crippen LogP contribution in [0, 0.1) is 0 Å². The number of rotatable bonds is 7. The van der Waals surface area contributed by atoms with Crippen LogP contribution < -0.4 is 15.4 Å². The number of fused-ring (bicyclic) bond motifs is 1. The van der Waals surface area contributed by atoms with Crippen LogP contribution >= 0.6 is 0 Å². The highest BCUT2D eigenvalue weighted by Gasteiger charge is 2.35. The number of hydrogen-bond acceptors (Lipinski definition) is 4. The molecule has 2 aromatic carbocycles. The summed E-state index contributed by atoms with van der Waals surface area (Å²) >= 11 is 0. The number of para-hydroxylation sites is 3. The van der Waals surface area contributed by atoms with Gasteiger partial charge in [-0.2, -0.15) is 0 Å². The number of anilines is 1. The van der Waals surface area contributed by atoms with Gasteiger partial charge in [-0.25, -0.2) is 9.69 Å². The molecule has 4 amide bonds. The van der Waals surface area contributed by atoms with Crippen LogP contribution in [0.3, 0.4) is 0 Å². The molecule has 0 aliphatic carbocycles. The van der Waals surface area contributed by atoms with Gasteiger partial charge in [-0.15, -0.1) is 0 Å². The van der Waals surface area contributed by atoms with Crippen molar-refractivity contribution in [2.45, 2.75) is 26.3 Å². The maximum absolute atomic E-state index is 12.9. The molecule has 2 N–H and O–H groups in total. The van der Waals surface area contributed by atoms with E-state index in [1.54, 1.807) is 30.3 Å². The molecular formula is C25H26N4O4. The van der Waals surface area contributed by atoms with Crippen molar-refractivity contribution in [2.24, 2.45) is 0 Å². The van der Waals surface area contributed by atoms with Crippen LogP contribution in [-0.2, 0) is 9.59 Å². The number of urea groups is 1. The average molecular weight is 447 g/mol. The van der Waals surface area contributed by atoms with Gasteiger partial charge in [0.25, 0.3) is 5.91 Å². The summed E-state index contributed by atoms with van der Waals surface area (Å²) in [5.74, 6) is -0.561. The zero-order valence-electron chi connectivity index (χ0n) is 18.8. The van der Waals surface area contributed by atoms with E-state index in [-0.39, 0.29) is 11.7 Å². The van der Waals surface area contributed by atoms with Crippen molar-refractivity contribution >= 4 is 40.5 Å². The first-order chi connectivity index (χ1) is 15.9. The summed E-state index contributed by atoms with van der Waals surface area (Å²) in [6.07, 6.45) is 4.61. The van der Waals surface area contributed by atoms with Crippen molar-refractivity contribution in [3.8, 4) is 5.75 Å². The molecule has 8 nitrogen and oxygen atoms in total. The second-order valence-electron chi connectivity index (χ2n) is 7.89. The van der Waals surface area contributed by atoms with E-state index in [1.807, 2.05) is 30.5 Å². The SMILES string of the molecule is CC[C@H](C)n1cc(/C=C2/NC(=O)N(CC(=O)Nc3ccccc3OC)C2=O)c2ccccc21. The summed E-state index contributed by atoms with van der Waals surface area (Å²) in [6.45, 7) is 3.84. The molecule has 0 saturated carbocycles. The zero-order valence-corrected chi connectivity index (χ0v) is 18.8. The highest BCUT2D eigenvalue weighted by molar-refractivity contribution is 6.16. The fourth-order valence-electron chi connectivity index (χ4n) is 3.86. The predicted octanol–water partition coefficient (Wildman–Crippen LogP) is 4.15. The zero-order chi connectivity index (χ0) is 23.5. The molecule has 0 radical (unpaired) electrons. The van der Waals surface area contributed by atoms with Crippen molar-refractivity contribution in [3.05, 3.63) is 66.0 Å². The number of nitrogens with zero attached hydrogens (tertiary/aromatic N) is 2. The quantitative estimate of drug-likeness (QED) is 0.421. The normalized spacial score (nSPS) is 15.7. The molecule has 1 fully saturated rings. The van der Waals surface area contributed by atoms with Crippen molar-refractivity contribution in [3.63, 3.8) is 0 Å². The largest absolute Gasteiger partial charge is 0.495 e. The summed E-state index contributed by atoms with van der Waals surface area (Å²) in [5.41, 5.74) is 2.49. The smallest absolute Gasteiger partial charge is 0.329 e. The highest BCUT2D eigenvalue weighted by atomic mass is 16.5. The van der Waals surface area contributed by atoms with Crippen LogP contribution in [-0.4, -0.2) is 41.0 Å². The Morgan fingerprint density at radius 3 is 2.64 bits per heavy atom. The molecule has 1 atom stereocenters. The first-order valence-corrected chi connectivity index (χ1v) is 10.8. The van der Waals surface area contributed by atoms with Crippen LogP contribution in [0.25, 0.3) is 17.0 Å². The molecule has 33 heavy (non-hydrogen) atoms. The van der Waals surface area contributed by atoms with Gasteiger partial charge in [0, 0.05) is 28.7 Å². The molecule has 170 valence electrons. The monoisotopic (exact) mass is 446 g/mol. The molecule has 1 aliphatic rings. The summed E-state index contributed by atoms with van der Waals surface area (Å²) in [4.78, 5) is 38.8. The third-order valence-corrected chi connectivity index (χ3v) is 5.78. The van der Waals surface area contributed by atoms with E-state index >= 15 is 0 Å². The van der Waals surface area contributed by atoms with Crippen LogP contribution in [0.1, 0.15) is 31.9 Å². The fourth-order valence-corrected chi connectivity index (χ4v) is 3.86. The lowest BCUT2D eigenvalue weighted by molar-refractivity contribution is -0.127. The van der Waals surface area contributed by atoms with Gasteiger partial charge < -0.3 is 19.9 Å². The molecule has 0 unspecified atom stereocenters. The van der Waals surface area contributed by atoms with Gasteiger partial charge >= 0.3 is 6.03 Å². The Bertz CT molecular complexity index is 1260. The van der Waals surface area contributed by atoms with Crippen molar-refractivity contribution in [2.75, 3.05) is 19.0 Å². The van der Waals surface area contributed by atoms with Crippen LogP contribution in [0.4, 0.5) is 10.5 Å². The van der Waals surface area contributed by atoms with E-state index in [0.717, 1.165) is 27.8 Å². The lowest BCUT2D eigenvalue weighted by Gasteiger charge is -2.13. The minimum atomic E-state index is -0.632. The number of benzene rings is 2. The van der Waals surface area contributed by atoms with E-state index in [4.69, 9.17) is 4.74 Å². The lowest BCUT2D eigenvalue weighted by Crippen LogP contribution is -2.38. The summed E-state index contributed by atoms with van der Waals surface area (Å²) in [6, 6.07) is 14.5. The van der Waals surface area contributed by atoms with E-state index in [1.165, 1.54) is 7.11 Å². The highest BCUT2D eigenvalue weighted by Crippen LogP contribution is 2.28. The third-order valence-electron chi connectivity index (χ3n) is 5.78. The van der Waals surface area contributed by atoms with Gasteiger partial charge in [0.05, 0.1) is 12.8 Å². The minimum absolute atomic E-state index is 0.136. The maximum atomic E-state index is 12.9. The molecule has 1 saturated heterocycles. The van der Waals surface area contributed by atoms with Crippen molar-refractivity contribution in [1.82, 2.24) is 14.8 Å². The third kappa shape index (κ3) is 4.32. The van der Waals surface area contributed by atoms with Gasteiger partial charge in [-0.3, -0.25) is 9.59 Å². The van der Waals surface area contributed by atoms with Gasteiger partial charge in [0.15, 0.2) is 0 Å². The Morgan fingerprint density at radius 1 is 1.15 bits per heavy atom. The Labute approximate surface area is 191 Å². The minimum Gasteiger partial charge on any atom is -0.495 e. The van der Waals surface area contributed by atoms with Gasteiger partial charge in [-0.1, -0.05) is 37.3 Å². The number of imide groups is 1. The Hall–Kier alpha value is -4.07. The van der Waals surface area contributed by atoms with Crippen LogP contribution in [0.5, 0.6) is 5.75 Å². The average Bonchev–Trinajstić information content (AvgIpc) is 3.31. The summed E-state index contributed by atoms with van der Waals surface area (Å²) < 4.78 is 7.39. The van der Waals surface area contributed by atoms with E-state index < -0.39 is 24.4 Å². The van der Waals surface area contributed by atoms with Gasteiger partial charge in [0.1, 0.15) is 18.0 Å². The van der Waals surface area contributed by atoms with Gasteiger partial charge in [0.2, 0.25) is 5.91 Å². The number of nitrogens with one attached hydrogen (secondary N) is 2. The molecule has 3 aromatic rings. The number of aromatic nitrogens is 1. The fraction of sp³-hybridized carbons (Fsp3) is 0.240. The molecule has 1 aromatic heterocycles. The molecule has 0 bridgehead atoms. The lowest BCUT2D eigenvalue weighted by atomic mass is 10.1. The Morgan fingerprint density at radius 2 is 1.88 bits per heavy atom. The first-order valence-electron chi connectivity index (χ1n) is 10.8.